The van der Waals surface area contributed by atoms with Gasteiger partial charge in [0, 0.05) is 30.5 Å². The van der Waals surface area contributed by atoms with E-state index in [1.54, 1.807) is 10.7 Å². The van der Waals surface area contributed by atoms with Gasteiger partial charge in [-0.15, -0.1) is 0 Å². The summed E-state index contributed by atoms with van der Waals surface area (Å²) in [4.78, 5) is 31.7. The second-order valence-electron chi connectivity index (χ2n) is 9.29. The molecular weight excluding hydrogens is 440 g/mol. The number of carbonyl (C=O) groups excluding carboxylic acids is 1. The van der Waals surface area contributed by atoms with Crippen LogP contribution in [-0.2, 0) is 5.41 Å². The van der Waals surface area contributed by atoms with Crippen LogP contribution in [0.15, 0.2) is 23.1 Å². The fourth-order valence-electron chi connectivity index (χ4n) is 4.18. The lowest BCUT2D eigenvalue weighted by Crippen LogP contribution is -2.27. The van der Waals surface area contributed by atoms with Crippen LogP contribution >= 0.6 is 11.6 Å². The molecular formula is C22H24ClF2N5O2. The van der Waals surface area contributed by atoms with Gasteiger partial charge in [0.2, 0.25) is 5.92 Å². The van der Waals surface area contributed by atoms with Gasteiger partial charge < -0.3 is 10.7 Å². The lowest BCUT2D eigenvalue weighted by Gasteiger charge is -2.29. The topological polar surface area (TPSA) is 107 Å². The number of alkyl halides is 2. The minimum Gasteiger partial charge on any atom is -0.364 e. The standard InChI is InChI=1S/C22H24ClF2N5O2/c1-21(2,3)19-16(23)18(30(29-19)11-4-7-22(24,25)8-5-11)13-10-14(31)15-12(28-13)6-9-27-17(15)20(26)32/h6,9-11H,4-5,7-8H2,1-3H3,(H2,26,32)(H,28,31). The molecule has 0 spiro atoms. The summed E-state index contributed by atoms with van der Waals surface area (Å²) in [6.45, 7) is 5.87. The Labute approximate surface area is 188 Å². The van der Waals surface area contributed by atoms with E-state index in [-0.39, 0.29) is 42.8 Å². The van der Waals surface area contributed by atoms with Crippen molar-refractivity contribution in [1.82, 2.24) is 19.7 Å². The molecule has 7 nitrogen and oxygen atoms in total. The van der Waals surface area contributed by atoms with Gasteiger partial charge in [-0.25, -0.2) is 8.78 Å². The second kappa shape index (κ2) is 7.65. The Kier molecular flexibility index (Phi) is 5.35. The third-order valence-corrected chi connectivity index (χ3v) is 6.18. The van der Waals surface area contributed by atoms with Gasteiger partial charge in [-0.05, 0) is 18.9 Å². The molecule has 1 aliphatic carbocycles. The van der Waals surface area contributed by atoms with E-state index in [0.29, 0.717) is 27.6 Å². The zero-order valence-corrected chi connectivity index (χ0v) is 18.8. The Balaban J connectivity index is 1.93. The van der Waals surface area contributed by atoms with E-state index in [2.05, 4.69) is 9.97 Å². The van der Waals surface area contributed by atoms with Crippen molar-refractivity contribution >= 4 is 28.4 Å². The molecule has 0 radical (unpaired) electrons. The molecule has 0 atom stereocenters. The monoisotopic (exact) mass is 463 g/mol. The van der Waals surface area contributed by atoms with Gasteiger partial charge in [-0.2, -0.15) is 5.10 Å². The predicted molar refractivity (Wildman–Crippen MR) is 118 cm³/mol. The average molecular weight is 464 g/mol. The number of aromatic nitrogens is 4. The molecule has 0 unspecified atom stereocenters. The number of hydrogen-bond acceptors (Lipinski definition) is 4. The number of rotatable bonds is 3. The molecule has 1 aliphatic rings. The van der Waals surface area contributed by atoms with Gasteiger partial charge in [0.05, 0.1) is 33.4 Å². The van der Waals surface area contributed by atoms with Crippen LogP contribution in [0.2, 0.25) is 5.02 Å². The fourth-order valence-corrected chi connectivity index (χ4v) is 4.69. The smallest absolute Gasteiger partial charge is 0.268 e. The van der Waals surface area contributed by atoms with Crippen molar-refractivity contribution in [2.45, 2.75) is 63.8 Å². The lowest BCUT2D eigenvalue weighted by molar-refractivity contribution is -0.0448. The van der Waals surface area contributed by atoms with Gasteiger partial charge in [0.1, 0.15) is 11.4 Å². The number of carbonyl (C=O) groups is 1. The molecule has 3 aromatic heterocycles. The Morgan fingerprint density at radius 2 is 1.97 bits per heavy atom. The summed E-state index contributed by atoms with van der Waals surface area (Å²) in [5, 5.41) is 5.15. The largest absolute Gasteiger partial charge is 0.364 e. The molecule has 170 valence electrons. The summed E-state index contributed by atoms with van der Waals surface area (Å²) in [5.41, 5.74) is 6.21. The van der Waals surface area contributed by atoms with Crippen molar-refractivity contribution in [2.75, 3.05) is 0 Å². The van der Waals surface area contributed by atoms with E-state index < -0.39 is 22.7 Å². The molecule has 3 heterocycles. The van der Waals surface area contributed by atoms with Crippen molar-refractivity contribution in [3.63, 3.8) is 0 Å². The summed E-state index contributed by atoms with van der Waals surface area (Å²) >= 11 is 6.77. The maximum Gasteiger partial charge on any atom is 0.268 e. The third kappa shape index (κ3) is 3.90. The quantitative estimate of drug-likeness (QED) is 0.592. The highest BCUT2D eigenvalue weighted by molar-refractivity contribution is 6.33. The van der Waals surface area contributed by atoms with Crippen LogP contribution in [0.5, 0.6) is 0 Å². The number of aromatic amines is 1. The molecule has 3 N–H and O–H groups in total. The van der Waals surface area contributed by atoms with Crippen molar-refractivity contribution in [3.8, 4) is 11.4 Å². The maximum absolute atomic E-state index is 13.8. The first-order valence-corrected chi connectivity index (χ1v) is 10.8. The predicted octanol–water partition coefficient (Wildman–Crippen LogP) is 4.59. The zero-order valence-electron chi connectivity index (χ0n) is 18.0. The first-order valence-electron chi connectivity index (χ1n) is 10.4. The Bertz CT molecular complexity index is 1270. The number of primary amides is 1. The van der Waals surface area contributed by atoms with Crippen molar-refractivity contribution in [1.29, 1.82) is 0 Å². The summed E-state index contributed by atoms with van der Waals surface area (Å²) in [5.74, 6) is -3.49. The molecule has 1 fully saturated rings. The number of hydrogen-bond donors (Lipinski definition) is 2. The number of fused-ring (bicyclic) bond motifs is 1. The van der Waals surface area contributed by atoms with Crippen molar-refractivity contribution in [2.24, 2.45) is 5.73 Å². The molecule has 0 aromatic carbocycles. The molecule has 1 amide bonds. The van der Waals surface area contributed by atoms with E-state index in [1.807, 2.05) is 20.8 Å². The minimum atomic E-state index is -2.68. The fraction of sp³-hybridized carbons (Fsp3) is 0.455. The van der Waals surface area contributed by atoms with Gasteiger partial charge in [-0.3, -0.25) is 19.3 Å². The second-order valence-corrected chi connectivity index (χ2v) is 9.66. The van der Waals surface area contributed by atoms with E-state index in [0.717, 1.165) is 0 Å². The highest BCUT2D eigenvalue weighted by Crippen LogP contribution is 2.43. The van der Waals surface area contributed by atoms with Crippen molar-refractivity contribution < 1.29 is 13.6 Å². The number of amides is 1. The number of H-pyrrole nitrogens is 1. The molecule has 32 heavy (non-hydrogen) atoms. The van der Waals surface area contributed by atoms with Crippen LogP contribution in [-0.4, -0.2) is 31.6 Å². The lowest BCUT2D eigenvalue weighted by atomic mass is 9.91. The molecule has 0 saturated heterocycles. The van der Waals surface area contributed by atoms with E-state index in [4.69, 9.17) is 22.4 Å². The number of nitrogens with one attached hydrogen (secondary N) is 1. The SMILES string of the molecule is CC(C)(C)c1nn(C2CCC(F)(F)CC2)c(-c2cc(=O)c3c(C(N)=O)nccc3[nH]2)c1Cl. The van der Waals surface area contributed by atoms with Gasteiger partial charge in [0.15, 0.2) is 5.43 Å². The van der Waals surface area contributed by atoms with Crippen LogP contribution in [0.1, 0.15) is 68.7 Å². The van der Waals surface area contributed by atoms with Crippen molar-refractivity contribution in [3.05, 3.63) is 45.0 Å². The molecule has 10 heteroatoms. The average Bonchev–Trinajstić information content (AvgIpc) is 3.04. The van der Waals surface area contributed by atoms with Gasteiger partial charge in [0.25, 0.3) is 5.91 Å². The maximum atomic E-state index is 13.8. The van der Waals surface area contributed by atoms with E-state index in [1.165, 1.54) is 12.3 Å². The first kappa shape index (κ1) is 22.4. The molecule has 0 aliphatic heterocycles. The summed E-state index contributed by atoms with van der Waals surface area (Å²) in [6.07, 6.45) is 1.40. The third-order valence-electron chi connectivity index (χ3n) is 5.83. The normalized spacial score (nSPS) is 17.1. The highest BCUT2D eigenvalue weighted by atomic mass is 35.5. The van der Waals surface area contributed by atoms with Crippen LogP contribution in [0.25, 0.3) is 22.3 Å². The first-order chi connectivity index (χ1) is 14.9. The Morgan fingerprint density at radius 1 is 1.31 bits per heavy atom. The zero-order chi connectivity index (χ0) is 23.4. The van der Waals surface area contributed by atoms with Crippen LogP contribution in [0, 0.1) is 0 Å². The Morgan fingerprint density at radius 3 is 2.56 bits per heavy atom. The van der Waals surface area contributed by atoms with Gasteiger partial charge in [-0.1, -0.05) is 32.4 Å². The van der Waals surface area contributed by atoms with Crippen LogP contribution < -0.4 is 11.2 Å². The Hall–Kier alpha value is -2.81. The minimum absolute atomic E-state index is 0.0827. The number of pyridine rings is 2. The number of halogens is 3. The highest BCUT2D eigenvalue weighted by Gasteiger charge is 2.38. The molecule has 3 aromatic rings. The van der Waals surface area contributed by atoms with Crippen LogP contribution in [0.3, 0.4) is 0 Å². The van der Waals surface area contributed by atoms with E-state index in [9.17, 15) is 18.4 Å². The summed E-state index contributed by atoms with van der Waals surface area (Å²) in [6, 6.07) is 2.60. The van der Waals surface area contributed by atoms with Gasteiger partial charge >= 0.3 is 0 Å². The summed E-state index contributed by atoms with van der Waals surface area (Å²) < 4.78 is 29.2. The van der Waals surface area contributed by atoms with E-state index >= 15 is 0 Å². The molecule has 1 saturated carbocycles. The number of nitrogens with zero attached hydrogens (tertiary/aromatic N) is 3. The molecule has 4 rings (SSSR count). The summed E-state index contributed by atoms with van der Waals surface area (Å²) in [7, 11) is 0. The number of nitrogens with two attached hydrogens (primary N) is 1. The van der Waals surface area contributed by atoms with Crippen LogP contribution in [0.4, 0.5) is 8.78 Å². The molecule has 0 bridgehead atoms.